The highest BCUT2D eigenvalue weighted by Gasteiger charge is 2.19. The van der Waals surface area contributed by atoms with Crippen molar-refractivity contribution >= 4 is 17.5 Å². The van der Waals surface area contributed by atoms with Gasteiger partial charge in [-0.05, 0) is 73.8 Å². The maximum atomic E-state index is 12.0. The molecule has 1 aliphatic rings. The molecular weight excluding hydrogens is 350 g/mol. The monoisotopic (exact) mass is 373 g/mol. The highest BCUT2D eigenvalue weighted by atomic mass is 35.5. The lowest BCUT2D eigenvalue weighted by Crippen LogP contribution is -2.39. The third-order valence-corrected chi connectivity index (χ3v) is 4.89. The van der Waals surface area contributed by atoms with Crippen molar-refractivity contribution in [3.05, 3.63) is 59.4 Å². The minimum absolute atomic E-state index is 0.0303. The summed E-state index contributed by atoms with van der Waals surface area (Å²) in [5.74, 6) is 1.09. The fourth-order valence-electron chi connectivity index (χ4n) is 3.08. The number of piperidine rings is 1. The van der Waals surface area contributed by atoms with E-state index in [0.717, 1.165) is 32.5 Å². The highest BCUT2D eigenvalue weighted by Crippen LogP contribution is 2.18. The number of ether oxygens (including phenoxy) is 1. The lowest BCUT2D eigenvalue weighted by Gasteiger charge is -2.32. The molecule has 1 fully saturated rings. The zero-order valence-corrected chi connectivity index (χ0v) is 15.5. The van der Waals surface area contributed by atoms with E-state index in [-0.39, 0.29) is 12.5 Å². The first kappa shape index (κ1) is 18.7. The SMILES string of the molecule is O=C(COc1ccc(Cl)cc1)NCC1CCN(Cc2ccncc2)CC1. The molecule has 1 aliphatic heterocycles. The molecule has 0 spiro atoms. The Hall–Kier alpha value is -2.11. The van der Waals surface area contributed by atoms with Crippen LogP contribution in [0.5, 0.6) is 5.75 Å². The molecule has 2 aromatic rings. The topological polar surface area (TPSA) is 54.5 Å². The number of benzene rings is 1. The Morgan fingerprint density at radius 2 is 1.85 bits per heavy atom. The second-order valence-corrected chi connectivity index (χ2v) is 7.06. The smallest absolute Gasteiger partial charge is 0.257 e. The van der Waals surface area contributed by atoms with Gasteiger partial charge in [0.1, 0.15) is 5.75 Å². The van der Waals surface area contributed by atoms with Gasteiger partial charge in [-0.25, -0.2) is 0 Å². The average molecular weight is 374 g/mol. The largest absolute Gasteiger partial charge is 0.484 e. The van der Waals surface area contributed by atoms with E-state index in [0.29, 0.717) is 23.2 Å². The molecule has 0 radical (unpaired) electrons. The number of hydrogen-bond acceptors (Lipinski definition) is 4. The van der Waals surface area contributed by atoms with E-state index < -0.39 is 0 Å². The molecule has 1 aromatic heterocycles. The van der Waals surface area contributed by atoms with E-state index in [9.17, 15) is 4.79 Å². The Morgan fingerprint density at radius 1 is 1.15 bits per heavy atom. The van der Waals surface area contributed by atoms with Crippen LogP contribution < -0.4 is 10.1 Å². The zero-order chi connectivity index (χ0) is 18.2. The molecule has 1 amide bonds. The summed E-state index contributed by atoms with van der Waals surface area (Å²) in [7, 11) is 0. The van der Waals surface area contributed by atoms with Gasteiger partial charge in [0.25, 0.3) is 5.91 Å². The van der Waals surface area contributed by atoms with Crippen LogP contribution in [0.4, 0.5) is 0 Å². The Morgan fingerprint density at radius 3 is 2.54 bits per heavy atom. The van der Waals surface area contributed by atoms with E-state index >= 15 is 0 Å². The Labute approximate surface area is 159 Å². The van der Waals surface area contributed by atoms with Gasteiger partial charge in [0.2, 0.25) is 0 Å². The molecule has 1 N–H and O–H groups in total. The first-order valence-electron chi connectivity index (χ1n) is 8.95. The van der Waals surface area contributed by atoms with E-state index in [4.69, 9.17) is 16.3 Å². The van der Waals surface area contributed by atoms with Crippen LogP contribution >= 0.6 is 11.6 Å². The standard InChI is InChI=1S/C20H24ClN3O2/c21-18-1-3-19(4-2-18)26-15-20(25)23-13-16-7-11-24(12-8-16)14-17-5-9-22-10-6-17/h1-6,9-10,16H,7-8,11-15H2,(H,23,25). The van der Waals surface area contributed by atoms with Crippen molar-refractivity contribution in [2.24, 2.45) is 5.92 Å². The third kappa shape index (κ3) is 6.00. The minimum atomic E-state index is -0.0841. The fourth-order valence-corrected chi connectivity index (χ4v) is 3.21. The molecule has 5 nitrogen and oxygen atoms in total. The number of carbonyl (C=O) groups excluding carboxylic acids is 1. The van der Waals surface area contributed by atoms with Gasteiger partial charge in [-0.15, -0.1) is 0 Å². The van der Waals surface area contributed by atoms with Gasteiger partial charge < -0.3 is 10.1 Å². The molecule has 0 bridgehead atoms. The first-order valence-corrected chi connectivity index (χ1v) is 9.33. The molecule has 2 heterocycles. The van der Waals surface area contributed by atoms with Crippen molar-refractivity contribution in [1.82, 2.24) is 15.2 Å². The molecular formula is C20H24ClN3O2. The second kappa shape index (κ2) is 9.55. The van der Waals surface area contributed by atoms with E-state index in [1.54, 1.807) is 24.3 Å². The van der Waals surface area contributed by atoms with Crippen molar-refractivity contribution in [3.8, 4) is 5.75 Å². The normalized spacial score (nSPS) is 15.6. The molecule has 0 saturated carbocycles. The molecule has 6 heteroatoms. The molecule has 26 heavy (non-hydrogen) atoms. The number of aromatic nitrogens is 1. The number of amides is 1. The van der Waals surface area contributed by atoms with Crippen molar-refractivity contribution in [2.75, 3.05) is 26.2 Å². The van der Waals surface area contributed by atoms with Crippen molar-refractivity contribution in [3.63, 3.8) is 0 Å². The van der Waals surface area contributed by atoms with Gasteiger partial charge in [0, 0.05) is 30.5 Å². The molecule has 138 valence electrons. The van der Waals surface area contributed by atoms with Crippen LogP contribution in [0.3, 0.4) is 0 Å². The van der Waals surface area contributed by atoms with Gasteiger partial charge in [0.15, 0.2) is 6.61 Å². The van der Waals surface area contributed by atoms with Crippen LogP contribution in [-0.4, -0.2) is 42.0 Å². The van der Waals surface area contributed by atoms with E-state index in [1.807, 2.05) is 12.4 Å². The lowest BCUT2D eigenvalue weighted by molar-refractivity contribution is -0.123. The zero-order valence-electron chi connectivity index (χ0n) is 14.7. The average Bonchev–Trinajstić information content (AvgIpc) is 2.68. The number of hydrogen-bond donors (Lipinski definition) is 1. The Bertz CT molecular complexity index is 686. The summed E-state index contributed by atoms with van der Waals surface area (Å²) in [5, 5.41) is 3.63. The van der Waals surface area contributed by atoms with Crippen LogP contribution in [-0.2, 0) is 11.3 Å². The lowest BCUT2D eigenvalue weighted by atomic mass is 9.96. The summed E-state index contributed by atoms with van der Waals surface area (Å²) in [6.45, 7) is 3.83. The predicted octanol–water partition coefficient (Wildman–Crippen LogP) is 3.14. The second-order valence-electron chi connectivity index (χ2n) is 6.62. The quantitative estimate of drug-likeness (QED) is 0.810. The summed E-state index contributed by atoms with van der Waals surface area (Å²) in [6.07, 6.45) is 5.88. The van der Waals surface area contributed by atoms with Gasteiger partial charge in [-0.3, -0.25) is 14.7 Å². The number of nitrogens with zero attached hydrogens (tertiary/aromatic N) is 2. The van der Waals surface area contributed by atoms with E-state index in [1.165, 1.54) is 5.56 Å². The van der Waals surface area contributed by atoms with Crippen LogP contribution in [0.15, 0.2) is 48.8 Å². The number of nitrogens with one attached hydrogen (secondary N) is 1. The Balaban J connectivity index is 1.32. The number of carbonyl (C=O) groups is 1. The molecule has 0 atom stereocenters. The van der Waals surface area contributed by atoms with Gasteiger partial charge in [0.05, 0.1) is 0 Å². The summed E-state index contributed by atoms with van der Waals surface area (Å²) in [4.78, 5) is 18.5. The molecule has 3 rings (SSSR count). The number of rotatable bonds is 7. The highest BCUT2D eigenvalue weighted by molar-refractivity contribution is 6.30. The number of likely N-dealkylation sites (tertiary alicyclic amines) is 1. The maximum Gasteiger partial charge on any atom is 0.257 e. The molecule has 0 unspecified atom stereocenters. The summed E-state index contributed by atoms with van der Waals surface area (Å²) < 4.78 is 5.46. The van der Waals surface area contributed by atoms with Crippen LogP contribution in [0.2, 0.25) is 5.02 Å². The van der Waals surface area contributed by atoms with Crippen LogP contribution in [0.25, 0.3) is 0 Å². The summed E-state index contributed by atoms with van der Waals surface area (Å²) in [6, 6.07) is 11.1. The molecule has 1 aromatic carbocycles. The van der Waals surface area contributed by atoms with Crippen molar-refractivity contribution < 1.29 is 9.53 Å². The predicted molar refractivity (Wildman–Crippen MR) is 102 cm³/mol. The van der Waals surface area contributed by atoms with Crippen LogP contribution in [0, 0.1) is 5.92 Å². The maximum absolute atomic E-state index is 12.0. The minimum Gasteiger partial charge on any atom is -0.484 e. The van der Waals surface area contributed by atoms with Gasteiger partial charge in [-0.2, -0.15) is 0 Å². The van der Waals surface area contributed by atoms with Crippen molar-refractivity contribution in [2.45, 2.75) is 19.4 Å². The Kier molecular flexibility index (Phi) is 6.86. The number of halogens is 1. The summed E-state index contributed by atoms with van der Waals surface area (Å²) in [5.41, 5.74) is 1.30. The van der Waals surface area contributed by atoms with Crippen LogP contribution in [0.1, 0.15) is 18.4 Å². The first-order chi connectivity index (χ1) is 12.7. The van der Waals surface area contributed by atoms with E-state index in [2.05, 4.69) is 27.3 Å². The summed E-state index contributed by atoms with van der Waals surface area (Å²) >= 11 is 5.82. The third-order valence-electron chi connectivity index (χ3n) is 4.63. The number of pyridine rings is 1. The van der Waals surface area contributed by atoms with Crippen molar-refractivity contribution in [1.29, 1.82) is 0 Å². The fraction of sp³-hybridized carbons (Fsp3) is 0.400. The van der Waals surface area contributed by atoms with Gasteiger partial charge >= 0.3 is 0 Å². The van der Waals surface area contributed by atoms with Gasteiger partial charge in [-0.1, -0.05) is 11.6 Å². The molecule has 1 saturated heterocycles. The molecule has 0 aliphatic carbocycles.